The second-order valence-electron chi connectivity index (χ2n) is 2.81. The normalized spacial score (nSPS) is 10.4. The summed E-state index contributed by atoms with van der Waals surface area (Å²) in [5, 5.41) is 0.945. The highest BCUT2D eigenvalue weighted by atomic mass is 79.9. The maximum atomic E-state index is 4.19. The Labute approximate surface area is 95.3 Å². The number of nitrogens with one attached hydrogen (secondary N) is 1. The zero-order valence-corrected chi connectivity index (χ0v) is 9.81. The van der Waals surface area contributed by atoms with Gasteiger partial charge in [0.1, 0.15) is 4.60 Å². The Morgan fingerprint density at radius 2 is 2.07 bits per heavy atom. The Balaban J connectivity index is 1.95. The van der Waals surface area contributed by atoms with Gasteiger partial charge in [0.15, 0.2) is 5.16 Å². The van der Waals surface area contributed by atoms with Crippen LogP contribution in [0.1, 0.15) is 5.56 Å². The number of aromatic nitrogens is 2. The van der Waals surface area contributed by atoms with Crippen LogP contribution in [0.3, 0.4) is 0 Å². The van der Waals surface area contributed by atoms with Crippen LogP contribution < -0.4 is 0 Å². The molecule has 72 valence electrons. The molecule has 1 heterocycles. The van der Waals surface area contributed by atoms with E-state index in [9.17, 15) is 0 Å². The van der Waals surface area contributed by atoms with E-state index in [0.29, 0.717) is 0 Å². The molecule has 0 unspecified atom stereocenters. The fourth-order valence-corrected chi connectivity index (χ4v) is 2.31. The van der Waals surface area contributed by atoms with Gasteiger partial charge in [0, 0.05) is 5.75 Å². The van der Waals surface area contributed by atoms with Crippen molar-refractivity contribution in [3.05, 3.63) is 46.7 Å². The number of halogens is 1. The van der Waals surface area contributed by atoms with Crippen molar-refractivity contribution in [3.63, 3.8) is 0 Å². The number of H-pyrrole nitrogens is 1. The summed E-state index contributed by atoms with van der Waals surface area (Å²) in [6, 6.07) is 10.4. The van der Waals surface area contributed by atoms with Crippen molar-refractivity contribution in [2.45, 2.75) is 10.9 Å². The van der Waals surface area contributed by atoms with Crippen LogP contribution >= 0.6 is 27.7 Å². The summed E-state index contributed by atoms with van der Waals surface area (Å²) in [6.45, 7) is 0. The number of aromatic amines is 1. The molecule has 2 nitrogen and oxygen atoms in total. The highest BCUT2D eigenvalue weighted by Crippen LogP contribution is 2.20. The first kappa shape index (κ1) is 9.80. The standard InChI is InChI=1S/C10H9BrN2S/c11-9-6-12-10(13-9)14-7-8-4-2-1-3-5-8/h1-6H,7H2,(H,12,13). The van der Waals surface area contributed by atoms with Gasteiger partial charge in [-0.15, -0.1) is 0 Å². The Kier molecular flexibility index (Phi) is 3.26. The molecule has 0 aliphatic carbocycles. The molecule has 1 N–H and O–H groups in total. The van der Waals surface area contributed by atoms with Crippen LogP contribution in [0.4, 0.5) is 0 Å². The van der Waals surface area contributed by atoms with Crippen molar-refractivity contribution in [1.29, 1.82) is 0 Å². The molecule has 0 amide bonds. The van der Waals surface area contributed by atoms with E-state index in [2.05, 4.69) is 38.0 Å². The average molecular weight is 269 g/mol. The summed E-state index contributed by atoms with van der Waals surface area (Å²) in [5.41, 5.74) is 1.31. The number of hydrogen-bond donors (Lipinski definition) is 1. The van der Waals surface area contributed by atoms with Gasteiger partial charge in [0.05, 0.1) is 6.20 Å². The molecule has 14 heavy (non-hydrogen) atoms. The molecule has 1 aromatic carbocycles. The third kappa shape index (κ3) is 2.62. The SMILES string of the molecule is Brc1cnc(SCc2ccccc2)[nH]1. The Hall–Kier alpha value is -0.740. The smallest absolute Gasteiger partial charge is 0.166 e. The van der Waals surface area contributed by atoms with E-state index < -0.39 is 0 Å². The predicted molar refractivity (Wildman–Crippen MR) is 62.3 cm³/mol. The number of nitrogens with zero attached hydrogens (tertiary/aromatic N) is 1. The van der Waals surface area contributed by atoms with Crippen molar-refractivity contribution in [2.24, 2.45) is 0 Å². The maximum Gasteiger partial charge on any atom is 0.166 e. The number of hydrogen-bond acceptors (Lipinski definition) is 2. The largest absolute Gasteiger partial charge is 0.328 e. The molecule has 4 heteroatoms. The van der Waals surface area contributed by atoms with Crippen molar-refractivity contribution < 1.29 is 0 Å². The summed E-state index contributed by atoms with van der Waals surface area (Å²) in [4.78, 5) is 7.31. The first-order valence-electron chi connectivity index (χ1n) is 4.22. The van der Waals surface area contributed by atoms with Crippen LogP contribution in [-0.2, 0) is 5.75 Å². The van der Waals surface area contributed by atoms with E-state index in [-0.39, 0.29) is 0 Å². The molecular formula is C10H9BrN2S. The highest BCUT2D eigenvalue weighted by Gasteiger charge is 1.99. The minimum atomic E-state index is 0.924. The molecule has 0 bridgehead atoms. The number of benzene rings is 1. The topological polar surface area (TPSA) is 28.7 Å². The molecule has 0 spiro atoms. The van der Waals surface area contributed by atoms with Crippen LogP contribution in [0.25, 0.3) is 0 Å². The van der Waals surface area contributed by atoms with Crippen molar-refractivity contribution >= 4 is 27.7 Å². The maximum absolute atomic E-state index is 4.19. The summed E-state index contributed by atoms with van der Waals surface area (Å²) in [6.07, 6.45) is 1.77. The highest BCUT2D eigenvalue weighted by molar-refractivity contribution is 9.10. The lowest BCUT2D eigenvalue weighted by atomic mass is 10.2. The number of thioether (sulfide) groups is 1. The van der Waals surface area contributed by atoms with Crippen molar-refractivity contribution in [2.75, 3.05) is 0 Å². The summed E-state index contributed by atoms with van der Waals surface area (Å²) in [7, 11) is 0. The molecule has 0 aliphatic rings. The van der Waals surface area contributed by atoms with Gasteiger partial charge in [-0.25, -0.2) is 4.98 Å². The fraction of sp³-hybridized carbons (Fsp3) is 0.100. The van der Waals surface area contributed by atoms with E-state index in [1.807, 2.05) is 18.2 Å². The van der Waals surface area contributed by atoms with Crippen LogP contribution in [0.15, 0.2) is 46.3 Å². The summed E-state index contributed by atoms with van der Waals surface area (Å²) < 4.78 is 0.924. The van der Waals surface area contributed by atoms with Crippen LogP contribution in [0, 0.1) is 0 Å². The van der Waals surface area contributed by atoms with Gasteiger partial charge >= 0.3 is 0 Å². The molecule has 0 saturated carbocycles. The molecule has 1 aromatic heterocycles. The van der Waals surface area contributed by atoms with Gasteiger partial charge in [0.25, 0.3) is 0 Å². The quantitative estimate of drug-likeness (QED) is 0.864. The number of rotatable bonds is 3. The molecule has 2 rings (SSSR count). The Morgan fingerprint density at radius 3 is 2.71 bits per heavy atom. The van der Waals surface area contributed by atoms with Crippen molar-refractivity contribution in [3.8, 4) is 0 Å². The van der Waals surface area contributed by atoms with Gasteiger partial charge in [0.2, 0.25) is 0 Å². The first-order valence-corrected chi connectivity index (χ1v) is 6.00. The molecule has 0 atom stereocenters. The zero-order chi connectivity index (χ0) is 9.80. The fourth-order valence-electron chi connectivity index (χ4n) is 1.08. The van der Waals surface area contributed by atoms with E-state index >= 15 is 0 Å². The third-order valence-electron chi connectivity index (χ3n) is 1.74. The van der Waals surface area contributed by atoms with Gasteiger partial charge in [-0.05, 0) is 21.5 Å². The summed E-state index contributed by atoms with van der Waals surface area (Å²) >= 11 is 5.02. The van der Waals surface area contributed by atoms with Gasteiger partial charge in [-0.3, -0.25) is 0 Å². The van der Waals surface area contributed by atoms with E-state index in [1.54, 1.807) is 18.0 Å². The van der Waals surface area contributed by atoms with Gasteiger partial charge in [-0.2, -0.15) is 0 Å². The van der Waals surface area contributed by atoms with E-state index in [0.717, 1.165) is 15.5 Å². The first-order chi connectivity index (χ1) is 6.84. The second-order valence-corrected chi connectivity index (χ2v) is 4.63. The molecule has 0 fully saturated rings. The van der Waals surface area contributed by atoms with Crippen molar-refractivity contribution in [1.82, 2.24) is 9.97 Å². The second kappa shape index (κ2) is 4.66. The molecule has 2 aromatic rings. The Morgan fingerprint density at radius 1 is 1.29 bits per heavy atom. The average Bonchev–Trinajstić information content (AvgIpc) is 2.63. The van der Waals surface area contributed by atoms with Gasteiger partial charge in [-0.1, -0.05) is 42.1 Å². The van der Waals surface area contributed by atoms with Crippen LogP contribution in [0.2, 0.25) is 0 Å². The lowest BCUT2D eigenvalue weighted by molar-refractivity contribution is 1.05. The minimum absolute atomic E-state index is 0.924. The Bertz CT molecular complexity index is 400. The minimum Gasteiger partial charge on any atom is -0.328 e. The molecular weight excluding hydrogens is 260 g/mol. The summed E-state index contributed by atoms with van der Waals surface area (Å²) in [5.74, 6) is 0.945. The molecule has 0 saturated heterocycles. The van der Waals surface area contributed by atoms with E-state index in [1.165, 1.54) is 5.56 Å². The lowest BCUT2D eigenvalue weighted by Crippen LogP contribution is -1.80. The monoisotopic (exact) mass is 268 g/mol. The van der Waals surface area contributed by atoms with Crippen LogP contribution in [-0.4, -0.2) is 9.97 Å². The molecule has 0 aliphatic heterocycles. The van der Waals surface area contributed by atoms with Gasteiger partial charge < -0.3 is 4.98 Å². The third-order valence-corrected chi connectivity index (χ3v) is 3.10. The van der Waals surface area contributed by atoms with E-state index in [4.69, 9.17) is 0 Å². The van der Waals surface area contributed by atoms with Crippen LogP contribution in [0.5, 0.6) is 0 Å². The zero-order valence-electron chi connectivity index (χ0n) is 7.40. The predicted octanol–water partition coefficient (Wildman–Crippen LogP) is 3.46. The lowest BCUT2D eigenvalue weighted by Gasteiger charge is -1.97. The molecule has 0 radical (unpaired) electrons. The number of imidazole rings is 1.